The van der Waals surface area contributed by atoms with E-state index in [0.29, 0.717) is 12.1 Å². The summed E-state index contributed by atoms with van der Waals surface area (Å²) in [5.74, 6) is -0.125. The van der Waals surface area contributed by atoms with Crippen molar-refractivity contribution in [2.45, 2.75) is 13.0 Å². The Hall–Kier alpha value is -1.66. The minimum atomic E-state index is -0.125. The fraction of sp³-hybridized carbons (Fsp3) is 0.571. The van der Waals surface area contributed by atoms with Crippen LogP contribution in [0.5, 0.6) is 0 Å². The van der Waals surface area contributed by atoms with Gasteiger partial charge in [0.2, 0.25) is 0 Å². The molecule has 0 saturated carbocycles. The summed E-state index contributed by atoms with van der Waals surface area (Å²) < 4.78 is 5.67. The highest BCUT2D eigenvalue weighted by molar-refractivity contribution is 5.99. The van der Waals surface area contributed by atoms with Gasteiger partial charge >= 0.3 is 0 Å². The topological polar surface area (TPSA) is 66.5 Å². The van der Waals surface area contributed by atoms with E-state index in [-0.39, 0.29) is 12.0 Å². The molecule has 6 nitrogen and oxygen atoms in total. The predicted molar refractivity (Wildman–Crippen MR) is 78.0 cm³/mol. The van der Waals surface area contributed by atoms with Crippen LogP contribution in [-0.4, -0.2) is 61.7 Å². The molecular formula is C14H22N4O2. The molecule has 1 aliphatic heterocycles. The normalized spacial score (nSPS) is 19.6. The molecular weight excluding hydrogens is 256 g/mol. The zero-order chi connectivity index (χ0) is 14.4. The van der Waals surface area contributed by atoms with Crippen molar-refractivity contribution in [3.63, 3.8) is 0 Å². The van der Waals surface area contributed by atoms with Crippen LogP contribution in [-0.2, 0) is 4.74 Å². The van der Waals surface area contributed by atoms with E-state index in [1.54, 1.807) is 25.5 Å². The van der Waals surface area contributed by atoms with Gasteiger partial charge in [-0.2, -0.15) is 0 Å². The first-order chi connectivity index (χ1) is 9.74. The van der Waals surface area contributed by atoms with Crippen LogP contribution in [0.15, 0.2) is 18.5 Å². The van der Waals surface area contributed by atoms with Gasteiger partial charge in [0, 0.05) is 44.8 Å². The molecule has 1 atom stereocenters. The van der Waals surface area contributed by atoms with E-state index in [4.69, 9.17) is 4.74 Å². The molecule has 2 N–H and O–H groups in total. The van der Waals surface area contributed by atoms with Gasteiger partial charge in [-0.3, -0.25) is 14.7 Å². The Morgan fingerprint density at radius 1 is 1.60 bits per heavy atom. The van der Waals surface area contributed by atoms with Crippen molar-refractivity contribution in [2.75, 3.05) is 45.2 Å². The number of carbonyl (C=O) groups excluding carboxylic acids is 1. The summed E-state index contributed by atoms with van der Waals surface area (Å²) in [5, 5.41) is 5.91. The molecule has 2 heterocycles. The van der Waals surface area contributed by atoms with E-state index in [0.717, 1.165) is 31.9 Å². The number of amides is 1. The van der Waals surface area contributed by atoms with Crippen molar-refractivity contribution in [1.82, 2.24) is 15.2 Å². The monoisotopic (exact) mass is 278 g/mol. The van der Waals surface area contributed by atoms with Gasteiger partial charge in [0.05, 0.1) is 18.3 Å². The molecule has 1 saturated heterocycles. The number of hydrogen-bond acceptors (Lipinski definition) is 5. The van der Waals surface area contributed by atoms with Gasteiger partial charge in [-0.25, -0.2) is 0 Å². The lowest BCUT2D eigenvalue weighted by Gasteiger charge is -2.32. The zero-order valence-electron chi connectivity index (χ0n) is 12.1. The van der Waals surface area contributed by atoms with Crippen molar-refractivity contribution in [2.24, 2.45) is 0 Å². The number of nitrogens with one attached hydrogen (secondary N) is 2. The number of pyridine rings is 1. The Morgan fingerprint density at radius 3 is 3.20 bits per heavy atom. The summed E-state index contributed by atoms with van der Waals surface area (Å²) in [5.41, 5.74) is 1.33. The highest BCUT2D eigenvalue weighted by atomic mass is 16.5. The molecule has 1 aromatic rings. The molecule has 1 aliphatic rings. The molecule has 0 radical (unpaired) electrons. The minimum Gasteiger partial charge on any atom is -0.387 e. The third kappa shape index (κ3) is 3.68. The van der Waals surface area contributed by atoms with Gasteiger partial charge in [0.15, 0.2) is 0 Å². The van der Waals surface area contributed by atoms with Crippen molar-refractivity contribution < 1.29 is 9.53 Å². The molecule has 1 fully saturated rings. The number of rotatable bonds is 5. The SMILES string of the molecule is CCN1CCOC(CNC(=O)c2cnccc2NC)C1. The first kappa shape index (κ1) is 14.7. The second kappa shape index (κ2) is 7.21. The van der Waals surface area contributed by atoms with Crippen LogP contribution in [0.2, 0.25) is 0 Å². The van der Waals surface area contributed by atoms with E-state index < -0.39 is 0 Å². The molecule has 1 aromatic heterocycles. The Balaban J connectivity index is 1.88. The fourth-order valence-corrected chi connectivity index (χ4v) is 2.29. The lowest BCUT2D eigenvalue weighted by atomic mass is 10.2. The van der Waals surface area contributed by atoms with E-state index in [1.807, 2.05) is 0 Å². The summed E-state index contributed by atoms with van der Waals surface area (Å²) in [6.07, 6.45) is 3.29. The molecule has 20 heavy (non-hydrogen) atoms. The number of anilines is 1. The molecule has 0 spiro atoms. The number of nitrogens with zero attached hydrogens (tertiary/aromatic N) is 2. The van der Waals surface area contributed by atoms with Crippen LogP contribution >= 0.6 is 0 Å². The Kier molecular flexibility index (Phi) is 5.31. The number of aromatic nitrogens is 1. The Bertz CT molecular complexity index is 453. The van der Waals surface area contributed by atoms with Gasteiger partial charge in [-0.1, -0.05) is 6.92 Å². The first-order valence-electron chi connectivity index (χ1n) is 6.98. The van der Waals surface area contributed by atoms with E-state index in [9.17, 15) is 4.79 Å². The Labute approximate surface area is 119 Å². The third-order valence-corrected chi connectivity index (χ3v) is 3.50. The summed E-state index contributed by atoms with van der Waals surface area (Å²) in [6.45, 7) is 6.22. The van der Waals surface area contributed by atoms with Gasteiger partial charge in [0.1, 0.15) is 0 Å². The van der Waals surface area contributed by atoms with Crippen LogP contribution in [0.4, 0.5) is 5.69 Å². The summed E-state index contributed by atoms with van der Waals surface area (Å²) in [6, 6.07) is 1.78. The molecule has 1 amide bonds. The second-order valence-corrected chi connectivity index (χ2v) is 4.77. The van der Waals surface area contributed by atoms with E-state index in [2.05, 4.69) is 27.4 Å². The second-order valence-electron chi connectivity index (χ2n) is 4.77. The number of likely N-dealkylation sites (N-methyl/N-ethyl adjacent to an activating group) is 1. The smallest absolute Gasteiger partial charge is 0.255 e. The molecule has 0 bridgehead atoms. The standard InChI is InChI=1S/C14H22N4O2/c1-3-18-6-7-20-11(10-18)8-17-14(19)12-9-16-5-4-13(12)15-2/h4-5,9,11H,3,6-8,10H2,1-2H3,(H,15,16)(H,17,19). The average molecular weight is 278 g/mol. The van der Waals surface area contributed by atoms with Crippen LogP contribution in [0.3, 0.4) is 0 Å². The zero-order valence-corrected chi connectivity index (χ0v) is 12.1. The van der Waals surface area contributed by atoms with Crippen molar-refractivity contribution >= 4 is 11.6 Å². The number of morpholine rings is 1. The molecule has 0 aromatic carbocycles. The molecule has 0 aliphatic carbocycles. The maximum atomic E-state index is 12.2. The summed E-state index contributed by atoms with van der Waals surface area (Å²) >= 11 is 0. The summed E-state index contributed by atoms with van der Waals surface area (Å²) in [7, 11) is 1.79. The quantitative estimate of drug-likeness (QED) is 0.824. The lowest BCUT2D eigenvalue weighted by molar-refractivity contribution is -0.0246. The number of ether oxygens (including phenoxy) is 1. The number of carbonyl (C=O) groups is 1. The molecule has 2 rings (SSSR count). The maximum absolute atomic E-state index is 12.2. The number of hydrogen-bond donors (Lipinski definition) is 2. The van der Waals surface area contributed by atoms with Crippen molar-refractivity contribution in [3.8, 4) is 0 Å². The lowest BCUT2D eigenvalue weighted by Crippen LogP contribution is -2.47. The van der Waals surface area contributed by atoms with Gasteiger partial charge in [0.25, 0.3) is 5.91 Å². The largest absolute Gasteiger partial charge is 0.387 e. The molecule has 110 valence electrons. The Morgan fingerprint density at radius 2 is 2.45 bits per heavy atom. The van der Waals surface area contributed by atoms with E-state index >= 15 is 0 Å². The maximum Gasteiger partial charge on any atom is 0.255 e. The molecule has 6 heteroatoms. The first-order valence-corrected chi connectivity index (χ1v) is 6.98. The van der Waals surface area contributed by atoms with Crippen molar-refractivity contribution in [3.05, 3.63) is 24.0 Å². The van der Waals surface area contributed by atoms with Crippen LogP contribution in [0.1, 0.15) is 17.3 Å². The predicted octanol–water partition coefficient (Wildman–Crippen LogP) is 0.574. The molecule has 1 unspecified atom stereocenters. The van der Waals surface area contributed by atoms with Gasteiger partial charge in [-0.05, 0) is 12.6 Å². The third-order valence-electron chi connectivity index (χ3n) is 3.50. The highest BCUT2D eigenvalue weighted by Gasteiger charge is 2.20. The van der Waals surface area contributed by atoms with Crippen LogP contribution < -0.4 is 10.6 Å². The minimum absolute atomic E-state index is 0.0577. The average Bonchev–Trinajstić information content (AvgIpc) is 2.52. The fourth-order valence-electron chi connectivity index (χ4n) is 2.29. The van der Waals surface area contributed by atoms with Gasteiger partial charge < -0.3 is 15.4 Å². The van der Waals surface area contributed by atoms with E-state index in [1.165, 1.54) is 0 Å². The van der Waals surface area contributed by atoms with Crippen molar-refractivity contribution in [1.29, 1.82) is 0 Å². The van der Waals surface area contributed by atoms with Gasteiger partial charge in [-0.15, -0.1) is 0 Å². The van der Waals surface area contributed by atoms with Crippen LogP contribution in [0, 0.1) is 0 Å². The van der Waals surface area contributed by atoms with Crippen LogP contribution in [0.25, 0.3) is 0 Å². The highest BCUT2D eigenvalue weighted by Crippen LogP contribution is 2.12. The summed E-state index contributed by atoms with van der Waals surface area (Å²) in [4.78, 5) is 18.5.